The molecular weight excluding hydrogens is 218 g/mol. The molecule has 1 aromatic rings. The molecule has 1 aromatic heterocycles. The first-order chi connectivity index (χ1) is 7.79. The summed E-state index contributed by atoms with van der Waals surface area (Å²) in [5.74, 6) is 3.15. The summed E-state index contributed by atoms with van der Waals surface area (Å²) in [6.45, 7) is 2.25. The van der Waals surface area contributed by atoms with Crippen LogP contribution in [0.3, 0.4) is 0 Å². The fourth-order valence-corrected chi connectivity index (χ4v) is 4.05. The summed E-state index contributed by atoms with van der Waals surface area (Å²) in [6.07, 6.45) is 7.99. The van der Waals surface area contributed by atoms with Crippen LogP contribution >= 0.6 is 11.6 Å². The second-order valence-electron chi connectivity index (χ2n) is 5.35. The molecular formula is C14H18ClN. The molecule has 2 fully saturated rings. The number of aromatic nitrogens is 1. The highest BCUT2D eigenvalue weighted by Gasteiger charge is 2.56. The van der Waals surface area contributed by atoms with Crippen molar-refractivity contribution in [2.45, 2.75) is 37.5 Å². The Balaban J connectivity index is 1.69. The van der Waals surface area contributed by atoms with Crippen molar-refractivity contribution in [1.82, 2.24) is 4.98 Å². The van der Waals surface area contributed by atoms with E-state index in [4.69, 9.17) is 11.6 Å². The first-order valence-corrected chi connectivity index (χ1v) is 6.76. The van der Waals surface area contributed by atoms with Crippen LogP contribution in [0.1, 0.15) is 37.7 Å². The normalized spacial score (nSPS) is 35.5. The van der Waals surface area contributed by atoms with Gasteiger partial charge in [-0.3, -0.25) is 4.98 Å². The minimum atomic E-state index is 0.317. The highest BCUT2D eigenvalue weighted by molar-refractivity contribution is 6.21. The van der Waals surface area contributed by atoms with E-state index in [-0.39, 0.29) is 0 Å². The van der Waals surface area contributed by atoms with E-state index >= 15 is 0 Å². The molecule has 86 valence electrons. The third kappa shape index (κ3) is 1.66. The summed E-state index contributed by atoms with van der Waals surface area (Å²) in [5, 5.41) is 0.317. The maximum absolute atomic E-state index is 6.65. The highest BCUT2D eigenvalue weighted by Crippen LogP contribution is 2.61. The number of hydrogen-bond acceptors (Lipinski definition) is 1. The third-order valence-electron chi connectivity index (χ3n) is 4.55. The minimum Gasteiger partial charge on any atom is -0.265 e. The molecule has 4 unspecified atom stereocenters. The molecule has 2 saturated carbocycles. The molecule has 0 bridgehead atoms. The average Bonchev–Trinajstić information content (AvgIpc) is 2.81. The largest absolute Gasteiger partial charge is 0.265 e. The molecule has 2 heteroatoms. The van der Waals surface area contributed by atoms with Gasteiger partial charge in [-0.15, -0.1) is 11.6 Å². The van der Waals surface area contributed by atoms with Gasteiger partial charge in [0.15, 0.2) is 0 Å². The molecule has 16 heavy (non-hydrogen) atoms. The molecule has 3 rings (SSSR count). The molecule has 2 aliphatic rings. The quantitative estimate of drug-likeness (QED) is 0.726. The number of nitrogens with zero attached hydrogens (tertiary/aromatic N) is 1. The van der Waals surface area contributed by atoms with Crippen molar-refractivity contribution in [3.8, 4) is 0 Å². The van der Waals surface area contributed by atoms with Crippen molar-refractivity contribution in [2.24, 2.45) is 17.8 Å². The molecule has 0 saturated heterocycles. The molecule has 0 radical (unpaired) electrons. The van der Waals surface area contributed by atoms with Crippen LogP contribution in [0.4, 0.5) is 0 Å². The van der Waals surface area contributed by atoms with Gasteiger partial charge >= 0.3 is 0 Å². The predicted molar refractivity (Wildman–Crippen MR) is 66.6 cm³/mol. The van der Waals surface area contributed by atoms with Crippen LogP contribution in [-0.4, -0.2) is 10.4 Å². The molecule has 4 atom stereocenters. The number of rotatable bonds is 3. The van der Waals surface area contributed by atoms with Crippen molar-refractivity contribution in [3.63, 3.8) is 0 Å². The van der Waals surface area contributed by atoms with Gasteiger partial charge in [0.05, 0.1) is 0 Å². The zero-order valence-corrected chi connectivity index (χ0v) is 10.4. The second kappa shape index (κ2) is 4.03. The lowest BCUT2D eigenvalue weighted by atomic mass is 9.93. The average molecular weight is 236 g/mol. The van der Waals surface area contributed by atoms with Crippen LogP contribution in [0.25, 0.3) is 0 Å². The standard InChI is InChI=1S/C14H18ClN/c1-9(10-5-7-16-8-6-10)14(15)13-11-3-2-4-12(11)13/h5-9,11-14H,2-4H2,1H3. The summed E-state index contributed by atoms with van der Waals surface area (Å²) >= 11 is 6.65. The van der Waals surface area contributed by atoms with Crippen LogP contribution in [0, 0.1) is 17.8 Å². The molecule has 0 amide bonds. The number of alkyl halides is 1. The number of fused-ring (bicyclic) bond motifs is 1. The lowest BCUT2D eigenvalue weighted by Gasteiger charge is -2.19. The van der Waals surface area contributed by atoms with E-state index in [0.29, 0.717) is 11.3 Å². The molecule has 0 aromatic carbocycles. The number of halogens is 1. The van der Waals surface area contributed by atoms with E-state index in [1.807, 2.05) is 12.4 Å². The van der Waals surface area contributed by atoms with Crippen LogP contribution in [0.5, 0.6) is 0 Å². The Morgan fingerprint density at radius 2 is 1.88 bits per heavy atom. The molecule has 0 N–H and O–H groups in total. The van der Waals surface area contributed by atoms with Gasteiger partial charge in [0.2, 0.25) is 0 Å². The minimum absolute atomic E-state index is 0.317. The summed E-state index contributed by atoms with van der Waals surface area (Å²) in [5.41, 5.74) is 1.33. The Bertz CT molecular complexity index is 354. The molecule has 2 aliphatic carbocycles. The maximum atomic E-state index is 6.65. The van der Waals surface area contributed by atoms with Gasteiger partial charge in [-0.25, -0.2) is 0 Å². The lowest BCUT2D eigenvalue weighted by Crippen LogP contribution is -2.15. The van der Waals surface area contributed by atoms with E-state index < -0.39 is 0 Å². The van der Waals surface area contributed by atoms with Gasteiger partial charge in [0.25, 0.3) is 0 Å². The first-order valence-electron chi connectivity index (χ1n) is 6.33. The predicted octanol–water partition coefficient (Wildman–Crippen LogP) is 3.84. The van der Waals surface area contributed by atoms with Gasteiger partial charge in [-0.1, -0.05) is 13.3 Å². The fourth-order valence-electron chi connectivity index (χ4n) is 3.53. The van der Waals surface area contributed by atoms with Crippen molar-refractivity contribution in [2.75, 3.05) is 0 Å². The maximum Gasteiger partial charge on any atom is 0.0435 e. The first kappa shape index (κ1) is 10.6. The highest BCUT2D eigenvalue weighted by atomic mass is 35.5. The fraction of sp³-hybridized carbons (Fsp3) is 0.643. The lowest BCUT2D eigenvalue weighted by molar-refractivity contribution is 0.518. The summed E-state index contributed by atoms with van der Waals surface area (Å²) < 4.78 is 0. The zero-order chi connectivity index (χ0) is 11.1. The monoisotopic (exact) mass is 235 g/mol. The van der Waals surface area contributed by atoms with E-state index in [9.17, 15) is 0 Å². The van der Waals surface area contributed by atoms with E-state index in [0.717, 1.165) is 17.8 Å². The van der Waals surface area contributed by atoms with Gasteiger partial charge in [0.1, 0.15) is 0 Å². The molecule has 0 spiro atoms. The van der Waals surface area contributed by atoms with Crippen LogP contribution in [0.2, 0.25) is 0 Å². The Kier molecular flexibility index (Phi) is 2.67. The van der Waals surface area contributed by atoms with Crippen molar-refractivity contribution >= 4 is 11.6 Å². The Morgan fingerprint density at radius 1 is 1.25 bits per heavy atom. The van der Waals surface area contributed by atoms with Gasteiger partial charge < -0.3 is 0 Å². The Labute approximate surface area is 102 Å². The molecule has 1 nitrogen and oxygen atoms in total. The van der Waals surface area contributed by atoms with Crippen molar-refractivity contribution < 1.29 is 0 Å². The number of hydrogen-bond donors (Lipinski definition) is 0. The van der Waals surface area contributed by atoms with E-state index in [1.165, 1.54) is 24.8 Å². The van der Waals surface area contributed by atoms with Crippen LogP contribution in [-0.2, 0) is 0 Å². The van der Waals surface area contributed by atoms with Crippen LogP contribution < -0.4 is 0 Å². The van der Waals surface area contributed by atoms with Gasteiger partial charge in [0, 0.05) is 17.8 Å². The summed E-state index contributed by atoms with van der Waals surface area (Å²) in [4.78, 5) is 4.06. The van der Waals surface area contributed by atoms with Crippen molar-refractivity contribution in [1.29, 1.82) is 0 Å². The van der Waals surface area contributed by atoms with E-state index in [2.05, 4.69) is 24.0 Å². The summed E-state index contributed by atoms with van der Waals surface area (Å²) in [7, 11) is 0. The van der Waals surface area contributed by atoms with E-state index in [1.54, 1.807) is 0 Å². The topological polar surface area (TPSA) is 12.9 Å². The van der Waals surface area contributed by atoms with Crippen molar-refractivity contribution in [3.05, 3.63) is 30.1 Å². The third-order valence-corrected chi connectivity index (χ3v) is 5.22. The Morgan fingerprint density at radius 3 is 2.50 bits per heavy atom. The second-order valence-corrected chi connectivity index (χ2v) is 5.85. The molecule has 1 heterocycles. The number of pyridine rings is 1. The molecule has 0 aliphatic heterocycles. The van der Waals surface area contributed by atoms with Gasteiger partial charge in [-0.2, -0.15) is 0 Å². The van der Waals surface area contributed by atoms with Gasteiger partial charge in [-0.05, 0) is 54.2 Å². The smallest absolute Gasteiger partial charge is 0.0435 e. The SMILES string of the molecule is CC(c1ccncc1)C(Cl)C1C2CCCC21. The summed E-state index contributed by atoms with van der Waals surface area (Å²) in [6, 6.07) is 4.19. The van der Waals surface area contributed by atoms with Crippen LogP contribution in [0.15, 0.2) is 24.5 Å². The zero-order valence-electron chi connectivity index (χ0n) is 9.64. The Hall–Kier alpha value is -0.560.